The van der Waals surface area contributed by atoms with Crippen LogP contribution in [0, 0.1) is 0 Å². The molecule has 0 spiro atoms. The molecule has 0 aliphatic carbocycles. The molecule has 11 heavy (non-hydrogen) atoms. The molecule has 0 N–H and O–H groups in total. The second kappa shape index (κ2) is 8.35. The number of hydrogen-bond donors (Lipinski definition) is 0. The molecule has 0 aromatic rings. The van der Waals surface area contributed by atoms with Crippen molar-refractivity contribution in [2.75, 3.05) is 12.5 Å². The van der Waals surface area contributed by atoms with Gasteiger partial charge in [-0.1, -0.05) is 12.8 Å². The Morgan fingerprint density at radius 2 is 1.73 bits per heavy atom. The van der Waals surface area contributed by atoms with E-state index in [0.717, 1.165) is 18.9 Å². The first kappa shape index (κ1) is 11.2. The summed E-state index contributed by atoms with van der Waals surface area (Å²) in [7, 11) is 0. The Morgan fingerprint density at radius 3 is 2.27 bits per heavy atom. The number of alkyl halides is 1. The molecule has 0 rings (SSSR count). The number of unbranched alkanes of at least 4 members (excludes halogenated alkanes) is 3. The smallest absolute Gasteiger partial charge is 0.0518 e. The van der Waals surface area contributed by atoms with Crippen molar-refractivity contribution in [3.63, 3.8) is 0 Å². The van der Waals surface area contributed by atoms with Gasteiger partial charge in [-0.2, -0.15) is 0 Å². The monoisotopic (exact) mass is 178 g/mol. The normalized spacial score (nSPS) is 10.9. The molecule has 68 valence electrons. The van der Waals surface area contributed by atoms with Gasteiger partial charge in [-0.05, 0) is 26.7 Å². The van der Waals surface area contributed by atoms with Crippen molar-refractivity contribution in [1.82, 2.24) is 0 Å². The number of ether oxygens (including phenoxy) is 1. The van der Waals surface area contributed by atoms with Crippen LogP contribution in [-0.4, -0.2) is 18.6 Å². The fourth-order valence-electron chi connectivity index (χ4n) is 0.869. The zero-order valence-electron chi connectivity index (χ0n) is 7.61. The van der Waals surface area contributed by atoms with Gasteiger partial charge >= 0.3 is 0 Å². The second-order valence-corrected chi connectivity index (χ2v) is 3.40. The van der Waals surface area contributed by atoms with Crippen molar-refractivity contribution < 1.29 is 4.74 Å². The first-order valence-electron chi connectivity index (χ1n) is 4.45. The van der Waals surface area contributed by atoms with Gasteiger partial charge in [0.05, 0.1) is 6.10 Å². The van der Waals surface area contributed by atoms with E-state index in [-0.39, 0.29) is 0 Å². The lowest BCUT2D eigenvalue weighted by atomic mass is 10.2. The van der Waals surface area contributed by atoms with E-state index in [1.54, 1.807) is 0 Å². The number of halogens is 1. The summed E-state index contributed by atoms with van der Waals surface area (Å²) in [5.41, 5.74) is 0. The van der Waals surface area contributed by atoms with Crippen LogP contribution in [0.1, 0.15) is 39.5 Å². The molecule has 0 aliphatic rings. The molecule has 0 saturated heterocycles. The fraction of sp³-hybridized carbons (Fsp3) is 1.00. The first-order chi connectivity index (χ1) is 5.27. The van der Waals surface area contributed by atoms with Gasteiger partial charge in [0, 0.05) is 12.5 Å². The molecular formula is C9H19ClO. The van der Waals surface area contributed by atoms with Crippen LogP contribution in [0.5, 0.6) is 0 Å². The van der Waals surface area contributed by atoms with Crippen LogP contribution in [0.4, 0.5) is 0 Å². The highest BCUT2D eigenvalue weighted by Gasteiger charge is 1.92. The number of hydrogen-bond acceptors (Lipinski definition) is 1. The third kappa shape index (κ3) is 10.2. The van der Waals surface area contributed by atoms with Crippen LogP contribution < -0.4 is 0 Å². The molecule has 0 amide bonds. The average molecular weight is 179 g/mol. The zero-order valence-corrected chi connectivity index (χ0v) is 8.36. The Balaban J connectivity index is 2.80. The Kier molecular flexibility index (Phi) is 8.54. The lowest BCUT2D eigenvalue weighted by Gasteiger charge is -2.06. The molecule has 0 aromatic heterocycles. The summed E-state index contributed by atoms with van der Waals surface area (Å²) in [6.45, 7) is 5.04. The molecule has 0 heterocycles. The molecule has 0 bridgehead atoms. The van der Waals surface area contributed by atoms with Gasteiger partial charge in [0.15, 0.2) is 0 Å². The maximum Gasteiger partial charge on any atom is 0.0518 e. The maximum absolute atomic E-state index is 5.53. The van der Waals surface area contributed by atoms with Crippen LogP contribution in [0.25, 0.3) is 0 Å². The Hall–Kier alpha value is 0.250. The van der Waals surface area contributed by atoms with Crippen molar-refractivity contribution in [2.45, 2.75) is 45.6 Å². The van der Waals surface area contributed by atoms with E-state index < -0.39 is 0 Å². The van der Waals surface area contributed by atoms with E-state index in [0.29, 0.717) is 6.10 Å². The predicted octanol–water partition coefficient (Wildman–Crippen LogP) is 3.21. The van der Waals surface area contributed by atoms with Gasteiger partial charge in [0.25, 0.3) is 0 Å². The van der Waals surface area contributed by atoms with Gasteiger partial charge in [-0.25, -0.2) is 0 Å². The van der Waals surface area contributed by atoms with Crippen molar-refractivity contribution in [2.24, 2.45) is 0 Å². The van der Waals surface area contributed by atoms with E-state index in [2.05, 4.69) is 13.8 Å². The van der Waals surface area contributed by atoms with Gasteiger partial charge in [-0.15, -0.1) is 11.6 Å². The van der Waals surface area contributed by atoms with Crippen molar-refractivity contribution >= 4 is 11.6 Å². The molecule has 0 saturated carbocycles. The highest BCUT2D eigenvalue weighted by atomic mass is 35.5. The summed E-state index contributed by atoms with van der Waals surface area (Å²) in [6.07, 6.45) is 5.19. The Bertz CT molecular complexity index is 74.0. The molecule has 0 aromatic carbocycles. The van der Waals surface area contributed by atoms with Crippen LogP contribution in [0.15, 0.2) is 0 Å². The van der Waals surface area contributed by atoms with Crippen molar-refractivity contribution in [3.8, 4) is 0 Å². The van der Waals surface area contributed by atoms with Crippen molar-refractivity contribution in [3.05, 3.63) is 0 Å². The first-order valence-corrected chi connectivity index (χ1v) is 4.98. The third-order valence-electron chi connectivity index (χ3n) is 1.48. The van der Waals surface area contributed by atoms with E-state index in [1.807, 2.05) is 0 Å². The van der Waals surface area contributed by atoms with E-state index >= 15 is 0 Å². The van der Waals surface area contributed by atoms with Crippen LogP contribution >= 0.6 is 11.6 Å². The number of rotatable bonds is 7. The highest BCUT2D eigenvalue weighted by molar-refractivity contribution is 6.17. The largest absolute Gasteiger partial charge is 0.379 e. The molecule has 0 atom stereocenters. The molecule has 0 fully saturated rings. The molecular weight excluding hydrogens is 160 g/mol. The molecule has 0 radical (unpaired) electrons. The van der Waals surface area contributed by atoms with E-state index in [1.165, 1.54) is 19.3 Å². The van der Waals surface area contributed by atoms with E-state index in [9.17, 15) is 0 Å². The van der Waals surface area contributed by atoms with Crippen LogP contribution in [0.2, 0.25) is 0 Å². The highest BCUT2D eigenvalue weighted by Crippen LogP contribution is 2.01. The fourth-order valence-corrected chi connectivity index (χ4v) is 1.06. The predicted molar refractivity (Wildman–Crippen MR) is 50.3 cm³/mol. The standard InChI is InChI=1S/C9H19ClO/c1-9(2)11-8-6-4-3-5-7-10/h9H,3-8H2,1-2H3. The van der Waals surface area contributed by atoms with Crippen LogP contribution in [-0.2, 0) is 4.74 Å². The van der Waals surface area contributed by atoms with E-state index in [4.69, 9.17) is 16.3 Å². The second-order valence-electron chi connectivity index (χ2n) is 3.02. The van der Waals surface area contributed by atoms with Crippen LogP contribution in [0.3, 0.4) is 0 Å². The maximum atomic E-state index is 5.53. The molecule has 1 nitrogen and oxygen atoms in total. The Morgan fingerprint density at radius 1 is 1.09 bits per heavy atom. The molecule has 0 aliphatic heterocycles. The summed E-state index contributed by atoms with van der Waals surface area (Å²) >= 11 is 5.53. The minimum atomic E-state index is 0.378. The average Bonchev–Trinajstić information content (AvgIpc) is 1.96. The van der Waals surface area contributed by atoms with Gasteiger partial charge in [-0.3, -0.25) is 0 Å². The summed E-state index contributed by atoms with van der Waals surface area (Å²) < 4.78 is 5.39. The van der Waals surface area contributed by atoms with Gasteiger partial charge in [0.1, 0.15) is 0 Å². The lowest BCUT2D eigenvalue weighted by molar-refractivity contribution is 0.0757. The van der Waals surface area contributed by atoms with Gasteiger partial charge < -0.3 is 4.74 Å². The molecule has 0 unspecified atom stereocenters. The Labute approximate surface area is 75.1 Å². The minimum Gasteiger partial charge on any atom is -0.379 e. The molecule has 2 heteroatoms. The summed E-state index contributed by atoms with van der Waals surface area (Å²) in [5, 5.41) is 0. The minimum absolute atomic E-state index is 0.378. The lowest BCUT2D eigenvalue weighted by Crippen LogP contribution is -2.03. The summed E-state index contributed by atoms with van der Waals surface area (Å²) in [5.74, 6) is 0.797. The summed E-state index contributed by atoms with van der Waals surface area (Å²) in [4.78, 5) is 0. The topological polar surface area (TPSA) is 9.23 Å². The zero-order chi connectivity index (χ0) is 8.53. The summed E-state index contributed by atoms with van der Waals surface area (Å²) in [6, 6.07) is 0. The SMILES string of the molecule is CC(C)OCCCCCCCl. The van der Waals surface area contributed by atoms with Gasteiger partial charge in [0.2, 0.25) is 0 Å². The quantitative estimate of drug-likeness (QED) is 0.430. The van der Waals surface area contributed by atoms with Crippen molar-refractivity contribution in [1.29, 1.82) is 0 Å². The third-order valence-corrected chi connectivity index (χ3v) is 1.75.